The summed E-state index contributed by atoms with van der Waals surface area (Å²) in [5.74, 6) is -0.224. The zero-order valence-corrected chi connectivity index (χ0v) is 13.1. The van der Waals surface area contributed by atoms with Crippen LogP contribution in [0.2, 0.25) is 0 Å². The molecule has 0 bridgehead atoms. The van der Waals surface area contributed by atoms with E-state index in [-0.39, 0.29) is 17.8 Å². The second kappa shape index (κ2) is 7.74. The van der Waals surface area contributed by atoms with E-state index in [1.165, 1.54) is 23.3 Å². The summed E-state index contributed by atoms with van der Waals surface area (Å²) >= 11 is 0. The third kappa shape index (κ3) is 4.42. The molecule has 1 N–H and O–H groups in total. The van der Waals surface area contributed by atoms with Gasteiger partial charge in [0, 0.05) is 6.42 Å². The van der Waals surface area contributed by atoms with E-state index in [9.17, 15) is 9.18 Å². The molecule has 0 fully saturated rings. The molecule has 0 saturated heterocycles. The molecule has 0 aromatic heterocycles. The quantitative estimate of drug-likeness (QED) is 0.845. The number of benzene rings is 2. The van der Waals surface area contributed by atoms with E-state index in [2.05, 4.69) is 31.3 Å². The highest BCUT2D eigenvalue weighted by molar-refractivity contribution is 5.76. The van der Waals surface area contributed by atoms with E-state index in [4.69, 9.17) is 0 Å². The number of aryl methyl sites for hydroxylation is 2. The van der Waals surface area contributed by atoms with Crippen molar-refractivity contribution in [3.8, 4) is 0 Å². The Morgan fingerprint density at radius 3 is 2.45 bits per heavy atom. The number of halogens is 1. The van der Waals surface area contributed by atoms with Crippen LogP contribution in [-0.4, -0.2) is 5.91 Å². The first-order chi connectivity index (χ1) is 10.6. The smallest absolute Gasteiger partial charge is 0.220 e. The molecule has 0 aliphatic carbocycles. The van der Waals surface area contributed by atoms with E-state index in [1.54, 1.807) is 12.1 Å². The summed E-state index contributed by atoms with van der Waals surface area (Å²) in [5.41, 5.74) is 3.33. The lowest BCUT2D eigenvalue weighted by atomic mass is 9.99. The number of amides is 1. The van der Waals surface area contributed by atoms with Gasteiger partial charge in [0.1, 0.15) is 5.82 Å². The maximum absolute atomic E-state index is 12.8. The molecule has 2 aromatic carbocycles. The maximum atomic E-state index is 12.8. The maximum Gasteiger partial charge on any atom is 0.220 e. The van der Waals surface area contributed by atoms with Gasteiger partial charge < -0.3 is 5.32 Å². The molecule has 0 saturated carbocycles. The van der Waals surface area contributed by atoms with Gasteiger partial charge in [-0.25, -0.2) is 4.39 Å². The van der Waals surface area contributed by atoms with Gasteiger partial charge in [0.2, 0.25) is 5.91 Å². The summed E-state index contributed by atoms with van der Waals surface area (Å²) in [4.78, 5) is 12.2. The molecule has 1 amide bonds. The first-order valence-corrected chi connectivity index (χ1v) is 7.69. The SMILES string of the molecule is CC[C@@H](NC(=O)CCc1ccc(F)cc1)c1ccccc1C. The van der Waals surface area contributed by atoms with Crippen LogP contribution in [0.4, 0.5) is 4.39 Å². The van der Waals surface area contributed by atoms with Crippen molar-refractivity contribution >= 4 is 5.91 Å². The first-order valence-electron chi connectivity index (χ1n) is 7.69. The average molecular weight is 299 g/mol. The van der Waals surface area contributed by atoms with Crippen LogP contribution in [0.5, 0.6) is 0 Å². The predicted molar refractivity (Wildman–Crippen MR) is 87.1 cm³/mol. The van der Waals surface area contributed by atoms with Crippen LogP contribution < -0.4 is 5.32 Å². The number of nitrogens with one attached hydrogen (secondary N) is 1. The molecule has 2 nitrogen and oxygen atoms in total. The minimum atomic E-state index is -0.251. The number of hydrogen-bond donors (Lipinski definition) is 1. The van der Waals surface area contributed by atoms with Gasteiger partial charge in [0.05, 0.1) is 6.04 Å². The Hall–Kier alpha value is -2.16. The minimum Gasteiger partial charge on any atom is -0.349 e. The van der Waals surface area contributed by atoms with Crippen LogP contribution >= 0.6 is 0 Å². The van der Waals surface area contributed by atoms with Gasteiger partial charge in [-0.15, -0.1) is 0 Å². The lowest BCUT2D eigenvalue weighted by molar-refractivity contribution is -0.121. The molecule has 116 valence electrons. The molecule has 0 spiro atoms. The van der Waals surface area contributed by atoms with Crippen LogP contribution in [0, 0.1) is 12.7 Å². The summed E-state index contributed by atoms with van der Waals surface area (Å²) in [7, 11) is 0. The molecule has 0 radical (unpaired) electrons. The van der Waals surface area contributed by atoms with E-state index in [0.29, 0.717) is 12.8 Å². The van der Waals surface area contributed by atoms with E-state index < -0.39 is 0 Å². The van der Waals surface area contributed by atoms with Crippen molar-refractivity contribution in [1.29, 1.82) is 0 Å². The Kier molecular flexibility index (Phi) is 5.70. The summed E-state index contributed by atoms with van der Waals surface area (Å²) in [6.07, 6.45) is 1.89. The van der Waals surface area contributed by atoms with Crippen molar-refractivity contribution in [2.75, 3.05) is 0 Å². The van der Waals surface area contributed by atoms with Crippen LogP contribution in [0.25, 0.3) is 0 Å². The average Bonchev–Trinajstić information content (AvgIpc) is 2.53. The molecule has 3 heteroatoms. The summed E-state index contributed by atoms with van der Waals surface area (Å²) < 4.78 is 12.8. The van der Waals surface area contributed by atoms with Gasteiger partial charge in [-0.1, -0.05) is 43.3 Å². The zero-order chi connectivity index (χ0) is 15.9. The van der Waals surface area contributed by atoms with Gasteiger partial charge in [-0.05, 0) is 48.6 Å². The third-order valence-electron chi connectivity index (χ3n) is 3.86. The fourth-order valence-corrected chi connectivity index (χ4v) is 2.55. The monoisotopic (exact) mass is 299 g/mol. The highest BCUT2D eigenvalue weighted by Crippen LogP contribution is 2.20. The van der Waals surface area contributed by atoms with E-state index >= 15 is 0 Å². The molecular weight excluding hydrogens is 277 g/mol. The lowest BCUT2D eigenvalue weighted by Gasteiger charge is -2.19. The van der Waals surface area contributed by atoms with Crippen LogP contribution in [-0.2, 0) is 11.2 Å². The number of rotatable bonds is 6. The van der Waals surface area contributed by atoms with Gasteiger partial charge >= 0.3 is 0 Å². The van der Waals surface area contributed by atoms with Crippen molar-refractivity contribution in [1.82, 2.24) is 5.32 Å². The van der Waals surface area contributed by atoms with Gasteiger partial charge in [0.15, 0.2) is 0 Å². The Labute approximate surface area is 131 Å². The van der Waals surface area contributed by atoms with Gasteiger partial charge in [-0.3, -0.25) is 4.79 Å². The molecule has 2 rings (SSSR count). The topological polar surface area (TPSA) is 29.1 Å². The van der Waals surface area contributed by atoms with Gasteiger partial charge in [-0.2, -0.15) is 0 Å². The van der Waals surface area contributed by atoms with E-state index in [0.717, 1.165) is 12.0 Å². The molecule has 1 atom stereocenters. The zero-order valence-electron chi connectivity index (χ0n) is 13.1. The highest BCUT2D eigenvalue weighted by Gasteiger charge is 2.14. The molecule has 0 aliphatic heterocycles. The third-order valence-corrected chi connectivity index (χ3v) is 3.86. The molecule has 0 heterocycles. The summed E-state index contributed by atoms with van der Waals surface area (Å²) in [6.45, 7) is 4.13. The van der Waals surface area contributed by atoms with Crippen molar-refractivity contribution in [3.05, 3.63) is 71.0 Å². The normalized spacial score (nSPS) is 12.0. The largest absolute Gasteiger partial charge is 0.349 e. The fourth-order valence-electron chi connectivity index (χ4n) is 2.55. The Morgan fingerprint density at radius 2 is 1.82 bits per heavy atom. The van der Waals surface area contributed by atoms with Crippen molar-refractivity contribution in [2.24, 2.45) is 0 Å². The molecular formula is C19H22FNO. The highest BCUT2D eigenvalue weighted by atomic mass is 19.1. The Balaban J connectivity index is 1.92. The number of hydrogen-bond acceptors (Lipinski definition) is 1. The summed E-state index contributed by atoms with van der Waals surface area (Å²) in [5, 5.41) is 3.09. The van der Waals surface area contributed by atoms with Crippen molar-refractivity contribution < 1.29 is 9.18 Å². The summed E-state index contributed by atoms with van der Waals surface area (Å²) in [6, 6.07) is 14.5. The lowest BCUT2D eigenvalue weighted by Crippen LogP contribution is -2.28. The molecule has 22 heavy (non-hydrogen) atoms. The van der Waals surface area contributed by atoms with Crippen LogP contribution in [0.3, 0.4) is 0 Å². The van der Waals surface area contributed by atoms with Crippen LogP contribution in [0.15, 0.2) is 48.5 Å². The molecule has 0 aliphatic rings. The minimum absolute atomic E-state index is 0.0272. The first kappa shape index (κ1) is 16.2. The second-order valence-corrected chi connectivity index (χ2v) is 5.51. The van der Waals surface area contributed by atoms with Crippen molar-refractivity contribution in [3.63, 3.8) is 0 Å². The Bertz CT molecular complexity index is 622. The van der Waals surface area contributed by atoms with Crippen molar-refractivity contribution in [2.45, 2.75) is 39.2 Å². The Morgan fingerprint density at radius 1 is 1.14 bits per heavy atom. The van der Waals surface area contributed by atoms with Crippen LogP contribution in [0.1, 0.15) is 42.5 Å². The standard InChI is InChI=1S/C19H22FNO/c1-3-18(17-7-5-4-6-14(17)2)21-19(22)13-10-15-8-11-16(20)12-9-15/h4-9,11-12,18H,3,10,13H2,1-2H3,(H,21,22)/t18-/m1/s1. The van der Waals surface area contributed by atoms with E-state index in [1.807, 2.05) is 12.1 Å². The predicted octanol–water partition coefficient (Wildman–Crippen LogP) is 4.33. The molecule has 0 unspecified atom stereocenters. The number of carbonyl (C=O) groups is 1. The fraction of sp³-hybridized carbons (Fsp3) is 0.316. The molecule has 2 aromatic rings. The van der Waals surface area contributed by atoms with Gasteiger partial charge in [0.25, 0.3) is 0 Å². The second-order valence-electron chi connectivity index (χ2n) is 5.51. The number of carbonyl (C=O) groups excluding carboxylic acids is 1.